The third-order valence-electron chi connectivity index (χ3n) is 6.92. The Kier molecular flexibility index (Phi) is 7.33. The molecular weight excluding hydrogens is 440 g/mol. The summed E-state index contributed by atoms with van der Waals surface area (Å²) in [7, 11) is 0. The first kappa shape index (κ1) is 23.3. The minimum Gasteiger partial charge on any atom is -0.480 e. The van der Waals surface area contributed by atoms with E-state index in [0.717, 1.165) is 42.5 Å². The van der Waals surface area contributed by atoms with Crippen LogP contribution in [0.25, 0.3) is 11.1 Å². The number of carbonyl (C=O) groups excluding carboxylic acids is 2. The summed E-state index contributed by atoms with van der Waals surface area (Å²) in [6.45, 7) is 0.313. The van der Waals surface area contributed by atoms with Gasteiger partial charge in [-0.3, -0.25) is 14.4 Å². The highest BCUT2D eigenvalue weighted by atomic mass is 35.5. The van der Waals surface area contributed by atoms with Crippen molar-refractivity contribution in [1.29, 1.82) is 0 Å². The molecule has 2 atom stereocenters. The van der Waals surface area contributed by atoms with Crippen LogP contribution in [0.5, 0.6) is 0 Å². The van der Waals surface area contributed by atoms with Gasteiger partial charge in [0.1, 0.15) is 6.54 Å². The average Bonchev–Trinajstić information content (AvgIpc) is 3.25. The second-order valence-corrected chi connectivity index (χ2v) is 9.41. The average molecular weight is 469 g/mol. The van der Waals surface area contributed by atoms with E-state index in [1.54, 1.807) is 12.1 Å². The van der Waals surface area contributed by atoms with Crippen molar-refractivity contribution in [2.24, 2.45) is 11.8 Å². The van der Waals surface area contributed by atoms with Crippen molar-refractivity contribution < 1.29 is 19.5 Å². The van der Waals surface area contributed by atoms with Crippen LogP contribution in [0.4, 0.5) is 0 Å². The summed E-state index contributed by atoms with van der Waals surface area (Å²) in [6, 6.07) is 13.0. The molecular formula is C26H29ClN2O4. The fourth-order valence-electron chi connectivity index (χ4n) is 5.30. The number of rotatable bonds is 7. The van der Waals surface area contributed by atoms with Crippen LogP contribution >= 0.6 is 11.6 Å². The van der Waals surface area contributed by atoms with Crippen molar-refractivity contribution in [2.75, 3.05) is 13.1 Å². The molecule has 6 nitrogen and oxygen atoms in total. The third kappa shape index (κ3) is 5.38. The van der Waals surface area contributed by atoms with Crippen molar-refractivity contribution in [3.05, 3.63) is 58.6 Å². The zero-order valence-electron chi connectivity index (χ0n) is 18.5. The smallest absolute Gasteiger partial charge is 0.322 e. The third-order valence-corrected chi connectivity index (χ3v) is 7.25. The topological polar surface area (TPSA) is 95.5 Å². The van der Waals surface area contributed by atoms with E-state index in [1.165, 1.54) is 19.3 Å². The Morgan fingerprint density at radius 1 is 1.03 bits per heavy atom. The molecule has 0 bridgehead atoms. The first-order chi connectivity index (χ1) is 15.9. The Hall–Kier alpha value is -2.86. The summed E-state index contributed by atoms with van der Waals surface area (Å²) in [5.41, 5.74) is 3.29. The Labute approximate surface area is 198 Å². The Morgan fingerprint density at radius 3 is 2.33 bits per heavy atom. The Balaban J connectivity index is 1.56. The van der Waals surface area contributed by atoms with Gasteiger partial charge in [-0.15, -0.1) is 0 Å². The minimum absolute atomic E-state index is 0.0277. The molecule has 2 aliphatic rings. The molecule has 2 fully saturated rings. The lowest BCUT2D eigenvalue weighted by atomic mass is 9.70. The number of hydrogen-bond acceptors (Lipinski definition) is 3. The second-order valence-electron chi connectivity index (χ2n) is 9.00. The molecule has 2 aromatic rings. The summed E-state index contributed by atoms with van der Waals surface area (Å²) in [4.78, 5) is 35.3. The zero-order valence-corrected chi connectivity index (χ0v) is 19.2. The van der Waals surface area contributed by atoms with Crippen molar-refractivity contribution in [3.63, 3.8) is 0 Å². The highest BCUT2D eigenvalue weighted by Crippen LogP contribution is 2.45. The summed E-state index contributed by atoms with van der Waals surface area (Å²) in [6.07, 6.45) is 6.80. The SMILES string of the molecule is O=C(O)CNC(=O)c1ccc(-c2ccc(C(C3CCCCC3)C3CCNC3=O)c(Cl)c2)cc1. The van der Waals surface area contributed by atoms with Gasteiger partial charge in [0, 0.05) is 23.0 Å². The molecule has 174 valence electrons. The molecule has 0 spiro atoms. The van der Waals surface area contributed by atoms with Crippen LogP contribution in [0.3, 0.4) is 0 Å². The molecule has 2 aromatic carbocycles. The van der Waals surface area contributed by atoms with Gasteiger partial charge in [0.2, 0.25) is 5.91 Å². The predicted octanol–water partition coefficient (Wildman–Crippen LogP) is 4.62. The normalized spacial score (nSPS) is 19.7. The summed E-state index contributed by atoms with van der Waals surface area (Å²) < 4.78 is 0. The monoisotopic (exact) mass is 468 g/mol. The minimum atomic E-state index is -1.09. The molecule has 0 aromatic heterocycles. The lowest BCUT2D eigenvalue weighted by molar-refractivity contribution is -0.135. The molecule has 0 radical (unpaired) electrons. The zero-order chi connectivity index (χ0) is 23.4. The molecule has 2 unspecified atom stereocenters. The number of carbonyl (C=O) groups is 3. The lowest BCUT2D eigenvalue weighted by Gasteiger charge is -2.34. The van der Waals surface area contributed by atoms with Crippen molar-refractivity contribution >= 4 is 29.4 Å². The van der Waals surface area contributed by atoms with Crippen molar-refractivity contribution in [1.82, 2.24) is 10.6 Å². The fourth-order valence-corrected chi connectivity index (χ4v) is 5.60. The number of aliphatic carboxylic acids is 1. The maximum Gasteiger partial charge on any atom is 0.322 e. The van der Waals surface area contributed by atoms with Gasteiger partial charge in [-0.1, -0.05) is 55.1 Å². The highest BCUT2D eigenvalue weighted by molar-refractivity contribution is 6.31. The number of hydrogen-bond donors (Lipinski definition) is 3. The van der Waals surface area contributed by atoms with Crippen LogP contribution < -0.4 is 10.6 Å². The van der Waals surface area contributed by atoms with Crippen LogP contribution in [0.2, 0.25) is 5.02 Å². The quantitative estimate of drug-likeness (QED) is 0.552. The van der Waals surface area contributed by atoms with E-state index in [0.29, 0.717) is 16.5 Å². The fraction of sp³-hybridized carbons (Fsp3) is 0.423. The maximum atomic E-state index is 12.6. The highest BCUT2D eigenvalue weighted by Gasteiger charge is 2.39. The van der Waals surface area contributed by atoms with Gasteiger partial charge in [-0.2, -0.15) is 0 Å². The predicted molar refractivity (Wildman–Crippen MR) is 127 cm³/mol. The Bertz CT molecular complexity index is 1030. The number of halogens is 1. The van der Waals surface area contributed by atoms with Crippen LogP contribution in [0.1, 0.15) is 60.4 Å². The van der Waals surface area contributed by atoms with Gasteiger partial charge in [0.05, 0.1) is 0 Å². The molecule has 3 N–H and O–H groups in total. The van der Waals surface area contributed by atoms with Crippen LogP contribution in [-0.4, -0.2) is 36.0 Å². The molecule has 7 heteroatoms. The molecule has 33 heavy (non-hydrogen) atoms. The molecule has 1 aliphatic carbocycles. The van der Waals surface area contributed by atoms with Gasteiger partial charge in [-0.25, -0.2) is 0 Å². The first-order valence-corrected chi connectivity index (χ1v) is 12.0. The first-order valence-electron chi connectivity index (χ1n) is 11.6. The van der Waals surface area contributed by atoms with Crippen LogP contribution in [0, 0.1) is 11.8 Å². The van der Waals surface area contributed by atoms with E-state index >= 15 is 0 Å². The van der Waals surface area contributed by atoms with Gasteiger partial charge in [0.15, 0.2) is 0 Å². The van der Waals surface area contributed by atoms with Crippen LogP contribution in [0.15, 0.2) is 42.5 Å². The van der Waals surface area contributed by atoms with Gasteiger partial charge in [0.25, 0.3) is 5.91 Å². The molecule has 1 saturated carbocycles. The summed E-state index contributed by atoms with van der Waals surface area (Å²) >= 11 is 6.82. The van der Waals surface area contributed by atoms with E-state index in [-0.39, 0.29) is 17.7 Å². The molecule has 1 saturated heterocycles. The number of benzene rings is 2. The largest absolute Gasteiger partial charge is 0.480 e. The molecule has 1 heterocycles. The maximum absolute atomic E-state index is 12.6. The van der Waals surface area contributed by atoms with E-state index in [2.05, 4.69) is 16.7 Å². The molecule has 4 rings (SSSR count). The molecule has 1 aliphatic heterocycles. The van der Waals surface area contributed by atoms with E-state index in [1.807, 2.05) is 24.3 Å². The number of carboxylic acids is 1. The number of amides is 2. The standard InChI is InChI=1S/C26H29ClN2O4/c27-22-14-19(16-6-8-18(9-7-16)25(32)29-15-23(30)31)10-11-20(22)24(17-4-2-1-3-5-17)21-12-13-28-26(21)33/h6-11,14,17,21,24H,1-5,12-13,15H2,(H,28,33)(H,29,32)(H,30,31). The van der Waals surface area contributed by atoms with Gasteiger partial charge in [-0.05, 0) is 66.0 Å². The number of nitrogens with one attached hydrogen (secondary N) is 2. The van der Waals surface area contributed by atoms with E-state index in [9.17, 15) is 14.4 Å². The van der Waals surface area contributed by atoms with Crippen molar-refractivity contribution in [3.8, 4) is 11.1 Å². The van der Waals surface area contributed by atoms with Gasteiger partial charge >= 0.3 is 5.97 Å². The van der Waals surface area contributed by atoms with Crippen LogP contribution in [-0.2, 0) is 9.59 Å². The second kappa shape index (κ2) is 10.4. The summed E-state index contributed by atoms with van der Waals surface area (Å²) in [5, 5.41) is 14.7. The van der Waals surface area contributed by atoms with Gasteiger partial charge < -0.3 is 15.7 Å². The summed E-state index contributed by atoms with van der Waals surface area (Å²) in [5.74, 6) is -0.796. The van der Waals surface area contributed by atoms with Crippen molar-refractivity contribution in [2.45, 2.75) is 44.4 Å². The molecule has 2 amide bonds. The Morgan fingerprint density at radius 2 is 1.73 bits per heavy atom. The number of carboxylic acid groups (broad SMARTS) is 1. The van der Waals surface area contributed by atoms with E-state index in [4.69, 9.17) is 16.7 Å². The lowest BCUT2D eigenvalue weighted by Crippen LogP contribution is -2.29. The van der Waals surface area contributed by atoms with E-state index < -0.39 is 18.4 Å².